The van der Waals surface area contributed by atoms with Crippen molar-refractivity contribution in [1.29, 1.82) is 5.26 Å². The number of guanidine groups is 1. The Morgan fingerprint density at radius 3 is 2.87 bits per heavy atom. The molecule has 0 saturated heterocycles. The van der Waals surface area contributed by atoms with Crippen LogP contribution in [0.3, 0.4) is 0 Å². The van der Waals surface area contributed by atoms with Crippen molar-refractivity contribution in [3.8, 4) is 6.19 Å². The third-order valence-electron chi connectivity index (χ3n) is 2.59. The molecule has 7 nitrogen and oxygen atoms in total. The minimum absolute atomic E-state index is 0.366. The minimum atomic E-state index is -1.51. The van der Waals surface area contributed by atoms with Crippen LogP contribution in [0.2, 0.25) is 0 Å². The highest BCUT2D eigenvalue weighted by atomic mass is 35.6. The number of imidazole rings is 1. The molecule has 11 heteroatoms. The first-order valence-electron chi connectivity index (χ1n) is 6.74. The van der Waals surface area contributed by atoms with Gasteiger partial charge in [0, 0.05) is 30.3 Å². The van der Waals surface area contributed by atoms with E-state index in [1.54, 1.807) is 18.1 Å². The van der Waals surface area contributed by atoms with Crippen molar-refractivity contribution in [1.82, 2.24) is 25.9 Å². The van der Waals surface area contributed by atoms with Gasteiger partial charge in [0.2, 0.25) is 9.88 Å². The summed E-state index contributed by atoms with van der Waals surface area (Å²) in [6.07, 6.45) is 3.52. The van der Waals surface area contributed by atoms with Crippen molar-refractivity contribution in [3.63, 3.8) is 0 Å². The summed E-state index contributed by atoms with van der Waals surface area (Å²) in [5.74, 6) is 2.09. The molecule has 4 N–H and O–H groups in total. The molecule has 23 heavy (non-hydrogen) atoms. The number of alkyl halides is 3. The number of hydrogen-bond acceptors (Lipinski definition) is 5. The molecule has 0 aromatic carbocycles. The Morgan fingerprint density at radius 1 is 1.48 bits per heavy atom. The largest absolute Gasteiger partial charge is 0.355 e. The molecule has 0 bridgehead atoms. The number of thioether (sulfide) groups is 1. The quantitative estimate of drug-likeness (QED) is 0.101. The molecular formula is C12H18Cl3N7S. The molecule has 0 aliphatic rings. The fourth-order valence-corrected chi connectivity index (χ4v) is 2.66. The van der Waals surface area contributed by atoms with E-state index in [1.807, 2.05) is 13.1 Å². The van der Waals surface area contributed by atoms with E-state index in [0.717, 1.165) is 22.9 Å². The molecule has 0 unspecified atom stereocenters. The van der Waals surface area contributed by atoms with Gasteiger partial charge in [-0.15, -0.1) is 0 Å². The van der Waals surface area contributed by atoms with Crippen LogP contribution in [0.25, 0.3) is 0 Å². The average molecular weight is 399 g/mol. The van der Waals surface area contributed by atoms with Gasteiger partial charge >= 0.3 is 0 Å². The Balaban J connectivity index is 2.22. The van der Waals surface area contributed by atoms with E-state index >= 15 is 0 Å². The molecule has 1 aromatic heterocycles. The van der Waals surface area contributed by atoms with Crippen molar-refractivity contribution < 1.29 is 0 Å². The summed E-state index contributed by atoms with van der Waals surface area (Å²) in [5, 5.41) is 16.9. The van der Waals surface area contributed by atoms with Gasteiger partial charge in [0.15, 0.2) is 6.19 Å². The average Bonchev–Trinajstić information content (AvgIpc) is 2.87. The normalized spacial score (nSPS) is 12.0. The van der Waals surface area contributed by atoms with Gasteiger partial charge in [-0.2, -0.15) is 17.0 Å². The van der Waals surface area contributed by atoms with Gasteiger partial charge in [-0.05, 0) is 6.92 Å². The fraction of sp³-hybridized carbons (Fsp3) is 0.583. The van der Waals surface area contributed by atoms with Crippen LogP contribution in [0, 0.1) is 18.4 Å². The van der Waals surface area contributed by atoms with Gasteiger partial charge in [-0.25, -0.2) is 4.98 Å². The Bertz CT molecular complexity index is 535. The molecule has 0 aliphatic carbocycles. The molecule has 0 saturated carbocycles. The smallest absolute Gasteiger partial charge is 0.245 e. The molecule has 0 aliphatic heterocycles. The number of rotatable bonds is 8. The first-order chi connectivity index (χ1) is 10.9. The van der Waals surface area contributed by atoms with E-state index in [1.165, 1.54) is 0 Å². The van der Waals surface area contributed by atoms with E-state index in [2.05, 4.69) is 30.9 Å². The van der Waals surface area contributed by atoms with Crippen molar-refractivity contribution in [2.24, 2.45) is 4.99 Å². The first-order valence-corrected chi connectivity index (χ1v) is 9.03. The minimum Gasteiger partial charge on any atom is -0.355 e. The Morgan fingerprint density at radius 2 is 2.26 bits per heavy atom. The zero-order valence-corrected chi connectivity index (χ0v) is 15.6. The zero-order valence-electron chi connectivity index (χ0n) is 12.5. The molecular weight excluding hydrogens is 381 g/mol. The van der Waals surface area contributed by atoms with Gasteiger partial charge in [0.1, 0.15) is 0 Å². The van der Waals surface area contributed by atoms with Crippen LogP contribution in [-0.4, -0.2) is 45.2 Å². The monoisotopic (exact) mass is 397 g/mol. The third-order valence-corrected chi connectivity index (χ3v) is 3.96. The van der Waals surface area contributed by atoms with Crippen LogP contribution < -0.4 is 16.0 Å². The Hall–Kier alpha value is -0.850. The fourth-order valence-electron chi connectivity index (χ4n) is 1.50. The maximum absolute atomic E-state index is 8.70. The Kier molecular flexibility index (Phi) is 9.52. The number of aliphatic imine (C=N–C) groups is 1. The predicted molar refractivity (Wildman–Crippen MR) is 96.8 cm³/mol. The van der Waals surface area contributed by atoms with Gasteiger partial charge < -0.3 is 10.3 Å². The number of hydrogen-bond donors (Lipinski definition) is 4. The lowest BCUT2D eigenvalue weighted by Crippen LogP contribution is -2.37. The van der Waals surface area contributed by atoms with Crippen LogP contribution in [-0.2, 0) is 5.75 Å². The topological polar surface area (TPSA) is 101 Å². The molecule has 0 atom stereocenters. The number of nitrogens with zero attached hydrogens (tertiary/aromatic N) is 3. The lowest BCUT2D eigenvalue weighted by atomic mass is 10.4. The van der Waals surface area contributed by atoms with E-state index in [9.17, 15) is 0 Å². The van der Waals surface area contributed by atoms with E-state index in [-0.39, 0.29) is 0 Å². The highest BCUT2D eigenvalue weighted by molar-refractivity contribution is 7.98. The number of aromatic nitrogens is 2. The number of aryl methyl sites for hydroxylation is 1. The van der Waals surface area contributed by atoms with Gasteiger partial charge in [-0.3, -0.25) is 15.6 Å². The summed E-state index contributed by atoms with van der Waals surface area (Å²) in [6, 6.07) is 0. The highest BCUT2D eigenvalue weighted by Crippen LogP contribution is 2.20. The van der Waals surface area contributed by atoms with Gasteiger partial charge in [0.05, 0.1) is 18.6 Å². The molecule has 0 radical (unpaired) electrons. The van der Waals surface area contributed by atoms with Crippen molar-refractivity contribution in [3.05, 3.63) is 17.7 Å². The Labute approximate surface area is 154 Å². The van der Waals surface area contributed by atoms with Crippen molar-refractivity contribution >= 4 is 52.5 Å². The molecule has 0 spiro atoms. The highest BCUT2D eigenvalue weighted by Gasteiger charge is 2.16. The summed E-state index contributed by atoms with van der Waals surface area (Å²) in [4.78, 5) is 11.5. The number of aromatic amines is 1. The molecule has 1 aromatic rings. The summed E-state index contributed by atoms with van der Waals surface area (Å²) in [6.45, 7) is 3.40. The molecule has 0 fully saturated rings. The lowest BCUT2D eigenvalue weighted by molar-refractivity contribution is 0.713. The summed E-state index contributed by atoms with van der Waals surface area (Å²) in [7, 11) is 0. The van der Waals surface area contributed by atoms with Gasteiger partial charge in [0.25, 0.3) is 0 Å². The molecule has 0 amide bonds. The van der Waals surface area contributed by atoms with E-state index in [0.29, 0.717) is 25.6 Å². The molecule has 1 heterocycles. The predicted octanol–water partition coefficient (Wildman–Crippen LogP) is 1.88. The van der Waals surface area contributed by atoms with Crippen molar-refractivity contribution in [2.75, 3.05) is 25.4 Å². The summed E-state index contributed by atoms with van der Waals surface area (Å²) >= 11 is 18.4. The lowest BCUT2D eigenvalue weighted by Gasteiger charge is -2.12. The SMILES string of the molecule is Cc1[nH]cnc1CSCCNC(=NCCNC(Cl)(Cl)Cl)NC#N. The summed E-state index contributed by atoms with van der Waals surface area (Å²) in [5.41, 5.74) is 2.14. The van der Waals surface area contributed by atoms with Gasteiger partial charge in [-0.1, -0.05) is 34.8 Å². The maximum atomic E-state index is 8.70. The summed E-state index contributed by atoms with van der Waals surface area (Å²) < 4.78 is -1.51. The molecule has 128 valence electrons. The standard InChI is InChI=1S/C12H18Cl3N7S/c1-9-10(21-8-20-9)6-23-5-4-18-11(19-7-16)17-2-3-22-12(13,14)15/h8,22H,2-6H2,1H3,(H,20,21)(H2,17,18,19). The maximum Gasteiger partial charge on any atom is 0.245 e. The number of nitrogens with one attached hydrogen (secondary N) is 4. The zero-order chi connectivity index (χ0) is 17.1. The van der Waals surface area contributed by atoms with Crippen LogP contribution in [0.5, 0.6) is 0 Å². The second kappa shape index (κ2) is 10.8. The van der Waals surface area contributed by atoms with Crippen LogP contribution in [0.1, 0.15) is 11.4 Å². The van der Waals surface area contributed by atoms with Crippen LogP contribution in [0.15, 0.2) is 11.3 Å². The molecule has 1 rings (SSSR count). The second-order valence-electron chi connectivity index (χ2n) is 4.35. The number of halogens is 3. The first kappa shape index (κ1) is 20.2. The second-order valence-corrected chi connectivity index (χ2v) is 7.73. The van der Waals surface area contributed by atoms with Crippen LogP contribution in [0.4, 0.5) is 0 Å². The number of H-pyrrole nitrogens is 1. The van der Waals surface area contributed by atoms with Crippen molar-refractivity contribution in [2.45, 2.75) is 16.6 Å². The van der Waals surface area contributed by atoms with Crippen LogP contribution >= 0.6 is 46.6 Å². The third kappa shape index (κ3) is 9.79. The van der Waals surface area contributed by atoms with E-state index in [4.69, 9.17) is 40.1 Å². The van der Waals surface area contributed by atoms with E-state index < -0.39 is 3.92 Å². The number of nitriles is 1.